The van der Waals surface area contributed by atoms with E-state index in [0.717, 1.165) is 5.39 Å². The second-order valence-electron chi connectivity index (χ2n) is 8.00. The maximum atomic E-state index is 13.3. The minimum Gasteiger partial charge on any atom is -0.496 e. The summed E-state index contributed by atoms with van der Waals surface area (Å²) in [6.45, 7) is 6.80. The number of nitrogens with zero attached hydrogens (tertiary/aromatic N) is 1. The van der Waals surface area contributed by atoms with Crippen LogP contribution in [0, 0.1) is 11.3 Å². The zero-order chi connectivity index (χ0) is 19.1. The molecule has 0 aromatic heterocycles. The number of rotatable bonds is 3. The summed E-state index contributed by atoms with van der Waals surface area (Å²) in [6.07, 6.45) is -0.0131. The van der Waals surface area contributed by atoms with Crippen LogP contribution in [0.15, 0.2) is 41.3 Å². The summed E-state index contributed by atoms with van der Waals surface area (Å²) in [5.41, 5.74) is -0.0535. The van der Waals surface area contributed by atoms with Gasteiger partial charge in [-0.15, -0.1) is 0 Å². The first kappa shape index (κ1) is 19.1. The molecule has 1 aliphatic rings. The predicted molar refractivity (Wildman–Crippen MR) is 103 cm³/mol. The van der Waals surface area contributed by atoms with Crippen LogP contribution in [0.25, 0.3) is 10.8 Å². The van der Waals surface area contributed by atoms with Crippen molar-refractivity contribution in [3.05, 3.63) is 36.4 Å². The SMILES string of the molecule is COc1ccc(S(=O)(=O)N2CC[C@@H](C(C)(C)C)[C@@H](O)C2)c2ccccc12. The molecule has 2 aromatic carbocycles. The summed E-state index contributed by atoms with van der Waals surface area (Å²) in [4.78, 5) is 0.260. The van der Waals surface area contributed by atoms with Gasteiger partial charge in [0.15, 0.2) is 0 Å². The molecule has 1 heterocycles. The minimum absolute atomic E-state index is 0.0535. The lowest BCUT2D eigenvalue weighted by molar-refractivity contribution is -0.00208. The van der Waals surface area contributed by atoms with Crippen molar-refractivity contribution < 1.29 is 18.3 Å². The van der Waals surface area contributed by atoms with Gasteiger partial charge in [-0.25, -0.2) is 8.42 Å². The highest BCUT2D eigenvalue weighted by Gasteiger charge is 2.40. The first-order chi connectivity index (χ1) is 12.2. The Labute approximate surface area is 155 Å². The smallest absolute Gasteiger partial charge is 0.243 e. The predicted octanol–water partition coefficient (Wildman–Crippen LogP) is 3.27. The third-order valence-electron chi connectivity index (χ3n) is 5.34. The Balaban J connectivity index is 1.99. The number of benzene rings is 2. The fourth-order valence-corrected chi connectivity index (χ4v) is 5.59. The molecule has 1 saturated heterocycles. The van der Waals surface area contributed by atoms with Gasteiger partial charge in [-0.1, -0.05) is 45.0 Å². The molecule has 2 aromatic rings. The zero-order valence-electron chi connectivity index (χ0n) is 15.8. The molecule has 5 nitrogen and oxygen atoms in total. The first-order valence-corrected chi connectivity index (χ1v) is 10.3. The van der Waals surface area contributed by atoms with Gasteiger partial charge < -0.3 is 9.84 Å². The van der Waals surface area contributed by atoms with Gasteiger partial charge in [-0.05, 0) is 29.9 Å². The van der Waals surface area contributed by atoms with Crippen LogP contribution in [0.2, 0.25) is 0 Å². The average Bonchev–Trinajstić information content (AvgIpc) is 2.59. The highest BCUT2D eigenvalue weighted by atomic mass is 32.2. The lowest BCUT2D eigenvalue weighted by atomic mass is 9.74. The minimum atomic E-state index is -3.70. The third-order valence-corrected chi connectivity index (χ3v) is 7.26. The summed E-state index contributed by atoms with van der Waals surface area (Å²) in [7, 11) is -2.12. The van der Waals surface area contributed by atoms with Crippen LogP contribution >= 0.6 is 0 Å². The summed E-state index contributed by atoms with van der Waals surface area (Å²) in [5.74, 6) is 0.729. The van der Waals surface area contributed by atoms with Crippen LogP contribution < -0.4 is 4.74 Å². The van der Waals surface area contributed by atoms with E-state index in [-0.39, 0.29) is 22.8 Å². The second kappa shape index (κ2) is 6.83. The van der Waals surface area contributed by atoms with Crippen molar-refractivity contribution in [1.82, 2.24) is 4.31 Å². The van der Waals surface area contributed by atoms with Gasteiger partial charge in [-0.3, -0.25) is 0 Å². The summed E-state index contributed by atoms with van der Waals surface area (Å²) >= 11 is 0. The molecule has 0 unspecified atom stereocenters. The Morgan fingerprint density at radius 3 is 2.35 bits per heavy atom. The molecule has 0 amide bonds. The van der Waals surface area contributed by atoms with Crippen molar-refractivity contribution in [3.63, 3.8) is 0 Å². The van der Waals surface area contributed by atoms with Crippen molar-refractivity contribution in [2.75, 3.05) is 20.2 Å². The van der Waals surface area contributed by atoms with Gasteiger partial charge in [-0.2, -0.15) is 4.31 Å². The highest BCUT2D eigenvalue weighted by molar-refractivity contribution is 7.89. The zero-order valence-corrected chi connectivity index (χ0v) is 16.6. The standard InChI is InChI=1S/C20H27NO4S/c1-20(2,3)16-11-12-21(13-17(16)22)26(23,24)19-10-9-18(25-4)14-7-5-6-8-15(14)19/h5-10,16-17,22H,11-13H2,1-4H3/t16-,17+/m1/s1. The molecule has 1 N–H and O–H groups in total. The molecule has 1 aliphatic heterocycles. The molecule has 142 valence electrons. The number of hydrogen-bond acceptors (Lipinski definition) is 4. The molecule has 26 heavy (non-hydrogen) atoms. The average molecular weight is 378 g/mol. The van der Waals surface area contributed by atoms with Crippen LogP contribution in [0.3, 0.4) is 0 Å². The molecule has 0 spiro atoms. The van der Waals surface area contributed by atoms with Crippen LogP contribution in [0.4, 0.5) is 0 Å². The van der Waals surface area contributed by atoms with Gasteiger partial charge in [0, 0.05) is 23.9 Å². The third kappa shape index (κ3) is 3.33. The van der Waals surface area contributed by atoms with E-state index in [9.17, 15) is 13.5 Å². The molecule has 0 aliphatic carbocycles. The van der Waals surface area contributed by atoms with Gasteiger partial charge in [0.2, 0.25) is 10.0 Å². The lowest BCUT2D eigenvalue weighted by Crippen LogP contribution is -2.49. The summed E-state index contributed by atoms with van der Waals surface area (Å²) in [5, 5.41) is 12.0. The van der Waals surface area contributed by atoms with Crippen LogP contribution in [0.5, 0.6) is 5.75 Å². The van der Waals surface area contributed by atoms with E-state index < -0.39 is 16.1 Å². The van der Waals surface area contributed by atoms with E-state index in [1.165, 1.54) is 4.31 Å². The Kier molecular flexibility index (Phi) is 5.03. The number of ether oxygens (including phenoxy) is 1. The monoisotopic (exact) mass is 377 g/mol. The maximum absolute atomic E-state index is 13.3. The van der Waals surface area contributed by atoms with Crippen LogP contribution in [0.1, 0.15) is 27.2 Å². The van der Waals surface area contributed by atoms with Crippen molar-refractivity contribution in [2.24, 2.45) is 11.3 Å². The molecule has 0 saturated carbocycles. The van der Waals surface area contributed by atoms with Crippen molar-refractivity contribution in [1.29, 1.82) is 0 Å². The number of aliphatic hydroxyl groups excluding tert-OH is 1. The van der Waals surface area contributed by atoms with Crippen molar-refractivity contribution in [2.45, 2.75) is 38.2 Å². The molecule has 6 heteroatoms. The molecular formula is C20H27NO4S. The van der Waals surface area contributed by atoms with Crippen molar-refractivity contribution in [3.8, 4) is 5.75 Å². The fourth-order valence-electron chi connectivity index (χ4n) is 3.92. The van der Waals surface area contributed by atoms with Gasteiger partial charge in [0.25, 0.3) is 0 Å². The Hall–Kier alpha value is -1.63. The Morgan fingerprint density at radius 1 is 1.12 bits per heavy atom. The number of aliphatic hydroxyl groups is 1. The number of β-amino-alcohol motifs (C(OH)–C–C–N with tert-alkyl or cyclic N) is 1. The molecule has 0 radical (unpaired) electrons. The van der Waals surface area contributed by atoms with Crippen LogP contribution in [-0.2, 0) is 10.0 Å². The van der Waals surface area contributed by atoms with E-state index in [1.54, 1.807) is 25.3 Å². The summed E-state index contributed by atoms with van der Waals surface area (Å²) in [6, 6.07) is 10.6. The molecule has 0 bridgehead atoms. The largest absolute Gasteiger partial charge is 0.496 e. The van der Waals surface area contributed by atoms with Gasteiger partial charge in [0.1, 0.15) is 5.75 Å². The van der Waals surface area contributed by atoms with Gasteiger partial charge >= 0.3 is 0 Å². The normalized spacial score (nSPS) is 22.5. The number of hydrogen-bond donors (Lipinski definition) is 1. The van der Waals surface area contributed by atoms with E-state index in [4.69, 9.17) is 4.74 Å². The highest BCUT2D eigenvalue weighted by Crippen LogP contribution is 2.37. The molecule has 3 rings (SSSR count). The molecule has 1 fully saturated rings. The van der Waals surface area contributed by atoms with E-state index in [2.05, 4.69) is 20.8 Å². The van der Waals surface area contributed by atoms with Crippen molar-refractivity contribution >= 4 is 20.8 Å². The van der Waals surface area contributed by atoms with E-state index in [1.807, 2.05) is 18.2 Å². The number of sulfonamides is 1. The van der Waals surface area contributed by atoms with Gasteiger partial charge in [0.05, 0.1) is 18.1 Å². The number of methoxy groups -OCH3 is 1. The topological polar surface area (TPSA) is 66.8 Å². The Bertz CT molecular complexity index is 902. The maximum Gasteiger partial charge on any atom is 0.243 e. The molecular weight excluding hydrogens is 350 g/mol. The Morgan fingerprint density at radius 2 is 1.77 bits per heavy atom. The quantitative estimate of drug-likeness (QED) is 0.891. The van der Waals surface area contributed by atoms with Crippen LogP contribution in [-0.4, -0.2) is 44.1 Å². The fraction of sp³-hybridized carbons (Fsp3) is 0.500. The lowest BCUT2D eigenvalue weighted by Gasteiger charge is -2.41. The van der Waals surface area contributed by atoms with E-state index >= 15 is 0 Å². The number of fused-ring (bicyclic) bond motifs is 1. The summed E-state index contributed by atoms with van der Waals surface area (Å²) < 4.78 is 33.3. The first-order valence-electron chi connectivity index (χ1n) is 8.90. The molecule has 2 atom stereocenters. The number of piperidine rings is 1. The second-order valence-corrected chi connectivity index (χ2v) is 9.91. The van der Waals surface area contributed by atoms with E-state index in [0.29, 0.717) is 24.1 Å².